The fourth-order valence-electron chi connectivity index (χ4n) is 1.29. The van der Waals surface area contributed by atoms with E-state index >= 15 is 0 Å². The van der Waals surface area contributed by atoms with Crippen LogP contribution in [0.4, 0.5) is 0 Å². The van der Waals surface area contributed by atoms with Crippen LogP contribution in [0.15, 0.2) is 36.1 Å². The first-order chi connectivity index (χ1) is 6.74. The molecule has 0 saturated carbocycles. The molecular weight excluding hydrogens is 170 g/mol. The van der Waals surface area contributed by atoms with Gasteiger partial charge in [-0.1, -0.05) is 45.1 Å². The van der Waals surface area contributed by atoms with E-state index in [1.807, 2.05) is 6.92 Å². The summed E-state index contributed by atoms with van der Waals surface area (Å²) in [5.74, 6) is 0. The van der Waals surface area contributed by atoms with Gasteiger partial charge in [0.25, 0.3) is 0 Å². The van der Waals surface area contributed by atoms with Crippen LogP contribution in [0, 0.1) is 0 Å². The van der Waals surface area contributed by atoms with E-state index in [-0.39, 0.29) is 0 Å². The Morgan fingerprint density at radius 3 is 2.57 bits per heavy atom. The predicted molar refractivity (Wildman–Crippen MR) is 65.2 cm³/mol. The van der Waals surface area contributed by atoms with Gasteiger partial charge in [0.05, 0.1) is 0 Å². The molecule has 0 bridgehead atoms. The molecule has 1 N–H and O–H groups in total. The Labute approximate surface area is 88.6 Å². The first kappa shape index (κ1) is 13.0. The molecule has 0 rings (SSSR count). The van der Waals surface area contributed by atoms with Crippen LogP contribution in [0.2, 0.25) is 0 Å². The summed E-state index contributed by atoms with van der Waals surface area (Å²) in [4.78, 5) is 0. The van der Waals surface area contributed by atoms with Gasteiger partial charge in [-0.2, -0.15) is 0 Å². The molecule has 0 aromatic carbocycles. The molecule has 0 atom stereocenters. The van der Waals surface area contributed by atoms with Crippen LogP contribution in [0.5, 0.6) is 0 Å². The first-order valence-corrected chi connectivity index (χ1v) is 5.47. The monoisotopic (exact) mass is 193 g/mol. The molecule has 0 heterocycles. The van der Waals surface area contributed by atoms with Crippen molar-refractivity contribution < 1.29 is 0 Å². The lowest BCUT2D eigenvalue weighted by Gasteiger charge is -2.09. The minimum atomic E-state index is 0.900. The Morgan fingerprint density at radius 2 is 2.07 bits per heavy atom. The Balaban J connectivity index is 3.94. The molecule has 0 aliphatic carbocycles. The van der Waals surface area contributed by atoms with Gasteiger partial charge >= 0.3 is 0 Å². The number of hydrogen-bond acceptors (Lipinski definition) is 1. The van der Waals surface area contributed by atoms with E-state index in [4.69, 9.17) is 0 Å². The van der Waals surface area contributed by atoms with E-state index in [2.05, 4.69) is 44.0 Å². The summed E-state index contributed by atoms with van der Waals surface area (Å²) in [5.41, 5.74) is 2.48. The second kappa shape index (κ2) is 8.61. The standard InChI is InChI=1S/C13H23N/c1-5-8-12(4)14-11-13(9-6-2)10-7-3/h6,9-10,14H,4-5,7-8,11H2,1-3H3/b9-6-,13-10+. The summed E-state index contributed by atoms with van der Waals surface area (Å²) in [6.07, 6.45) is 9.77. The Morgan fingerprint density at radius 1 is 1.36 bits per heavy atom. The van der Waals surface area contributed by atoms with E-state index in [9.17, 15) is 0 Å². The SMILES string of the molecule is C=C(CCC)NCC(/C=C\C)=C/CC. The van der Waals surface area contributed by atoms with E-state index in [1.54, 1.807) is 0 Å². The summed E-state index contributed by atoms with van der Waals surface area (Å²) in [5, 5.41) is 3.34. The summed E-state index contributed by atoms with van der Waals surface area (Å²) in [6, 6.07) is 0. The quantitative estimate of drug-likeness (QED) is 0.606. The van der Waals surface area contributed by atoms with Crippen molar-refractivity contribution >= 4 is 0 Å². The molecule has 0 unspecified atom stereocenters. The highest BCUT2D eigenvalue weighted by atomic mass is 14.9. The van der Waals surface area contributed by atoms with Gasteiger partial charge in [-0.3, -0.25) is 0 Å². The highest BCUT2D eigenvalue weighted by Gasteiger charge is 1.93. The molecular formula is C13H23N. The maximum atomic E-state index is 3.97. The van der Waals surface area contributed by atoms with Crippen molar-refractivity contribution in [3.05, 3.63) is 36.1 Å². The lowest BCUT2D eigenvalue weighted by molar-refractivity contribution is 0.779. The van der Waals surface area contributed by atoms with Crippen molar-refractivity contribution in [1.82, 2.24) is 5.32 Å². The molecule has 0 aromatic rings. The van der Waals surface area contributed by atoms with Gasteiger partial charge in [-0.15, -0.1) is 0 Å². The maximum Gasteiger partial charge on any atom is 0.0394 e. The Bertz CT molecular complexity index is 211. The largest absolute Gasteiger partial charge is 0.385 e. The third-order valence-electron chi connectivity index (χ3n) is 1.94. The third-order valence-corrected chi connectivity index (χ3v) is 1.94. The molecule has 0 aliphatic rings. The minimum Gasteiger partial charge on any atom is -0.385 e. The minimum absolute atomic E-state index is 0.900. The number of allylic oxidation sites excluding steroid dienone is 3. The molecule has 0 fully saturated rings. The average Bonchev–Trinajstić information content (AvgIpc) is 2.15. The van der Waals surface area contributed by atoms with E-state index in [0.717, 1.165) is 31.5 Å². The molecule has 14 heavy (non-hydrogen) atoms. The lowest BCUT2D eigenvalue weighted by Crippen LogP contribution is -2.15. The van der Waals surface area contributed by atoms with Crippen molar-refractivity contribution in [2.75, 3.05) is 6.54 Å². The topological polar surface area (TPSA) is 12.0 Å². The fraction of sp³-hybridized carbons (Fsp3) is 0.538. The zero-order valence-corrected chi connectivity index (χ0v) is 9.77. The molecule has 0 aliphatic heterocycles. The number of nitrogens with one attached hydrogen (secondary N) is 1. The summed E-state index contributed by atoms with van der Waals surface area (Å²) in [7, 11) is 0. The zero-order chi connectivity index (χ0) is 10.8. The van der Waals surface area contributed by atoms with Gasteiger partial charge in [-0.25, -0.2) is 0 Å². The van der Waals surface area contributed by atoms with Crippen LogP contribution < -0.4 is 5.32 Å². The molecule has 0 spiro atoms. The molecule has 0 amide bonds. The first-order valence-electron chi connectivity index (χ1n) is 5.47. The lowest BCUT2D eigenvalue weighted by atomic mass is 10.2. The van der Waals surface area contributed by atoms with Gasteiger partial charge in [0, 0.05) is 12.2 Å². The summed E-state index contributed by atoms with van der Waals surface area (Å²) >= 11 is 0. The van der Waals surface area contributed by atoms with Gasteiger partial charge < -0.3 is 5.32 Å². The van der Waals surface area contributed by atoms with Crippen LogP contribution in [-0.2, 0) is 0 Å². The smallest absolute Gasteiger partial charge is 0.0394 e. The van der Waals surface area contributed by atoms with Crippen LogP contribution in [-0.4, -0.2) is 6.54 Å². The van der Waals surface area contributed by atoms with Crippen molar-refractivity contribution in [3.8, 4) is 0 Å². The van der Waals surface area contributed by atoms with E-state index in [0.29, 0.717) is 0 Å². The molecule has 0 saturated heterocycles. The van der Waals surface area contributed by atoms with Crippen molar-refractivity contribution in [2.45, 2.75) is 40.0 Å². The molecule has 0 radical (unpaired) electrons. The van der Waals surface area contributed by atoms with Gasteiger partial charge in [0.15, 0.2) is 0 Å². The normalized spacial score (nSPS) is 12.1. The summed E-state index contributed by atoms with van der Waals surface area (Å²) < 4.78 is 0. The number of hydrogen-bond donors (Lipinski definition) is 1. The predicted octanol–water partition coefficient (Wildman–Crippen LogP) is 3.80. The fourth-order valence-corrected chi connectivity index (χ4v) is 1.29. The van der Waals surface area contributed by atoms with Gasteiger partial charge in [-0.05, 0) is 25.3 Å². The van der Waals surface area contributed by atoms with Crippen molar-refractivity contribution in [1.29, 1.82) is 0 Å². The van der Waals surface area contributed by atoms with E-state index in [1.165, 1.54) is 5.57 Å². The second-order valence-corrected chi connectivity index (χ2v) is 3.39. The zero-order valence-electron chi connectivity index (χ0n) is 9.77. The molecule has 1 heteroatoms. The number of rotatable bonds is 7. The highest BCUT2D eigenvalue weighted by Crippen LogP contribution is 2.01. The summed E-state index contributed by atoms with van der Waals surface area (Å²) in [6.45, 7) is 11.2. The Hall–Kier alpha value is -0.980. The molecule has 1 nitrogen and oxygen atoms in total. The maximum absolute atomic E-state index is 3.97. The van der Waals surface area contributed by atoms with Gasteiger partial charge in [0.1, 0.15) is 0 Å². The van der Waals surface area contributed by atoms with Crippen LogP contribution in [0.3, 0.4) is 0 Å². The van der Waals surface area contributed by atoms with Crippen molar-refractivity contribution in [3.63, 3.8) is 0 Å². The molecule has 0 aromatic heterocycles. The molecule has 80 valence electrons. The van der Waals surface area contributed by atoms with E-state index < -0.39 is 0 Å². The van der Waals surface area contributed by atoms with Crippen molar-refractivity contribution in [2.24, 2.45) is 0 Å². The highest BCUT2D eigenvalue weighted by molar-refractivity contribution is 5.20. The van der Waals surface area contributed by atoms with Crippen LogP contribution >= 0.6 is 0 Å². The second-order valence-electron chi connectivity index (χ2n) is 3.39. The van der Waals surface area contributed by atoms with Crippen LogP contribution in [0.25, 0.3) is 0 Å². The van der Waals surface area contributed by atoms with Gasteiger partial charge in [0.2, 0.25) is 0 Å². The van der Waals surface area contributed by atoms with Crippen LogP contribution in [0.1, 0.15) is 40.0 Å². The average molecular weight is 193 g/mol. The third kappa shape index (κ3) is 6.53. The Kier molecular flexibility index (Phi) is 8.01.